The first-order chi connectivity index (χ1) is 6.08. The van der Waals surface area contributed by atoms with Gasteiger partial charge in [-0.05, 0) is 34.1 Å². The minimum atomic E-state index is 1.16. The number of hydrogen-bond acceptors (Lipinski definition) is 2. The molecule has 0 aromatic heterocycles. The first-order valence-electron chi connectivity index (χ1n) is 5.41. The first-order valence-corrected chi connectivity index (χ1v) is 5.41. The molecule has 0 saturated carbocycles. The van der Waals surface area contributed by atoms with Crippen molar-refractivity contribution in [1.82, 2.24) is 9.80 Å². The van der Waals surface area contributed by atoms with Gasteiger partial charge in [-0.25, -0.2) is 0 Å². The van der Waals surface area contributed by atoms with Crippen molar-refractivity contribution in [3.8, 4) is 0 Å². The van der Waals surface area contributed by atoms with Crippen molar-refractivity contribution in [3.63, 3.8) is 0 Å². The van der Waals surface area contributed by atoms with E-state index in [9.17, 15) is 0 Å². The van der Waals surface area contributed by atoms with Crippen LogP contribution >= 0.6 is 0 Å². The van der Waals surface area contributed by atoms with Crippen molar-refractivity contribution in [2.24, 2.45) is 0 Å². The predicted octanol–water partition coefficient (Wildman–Crippen LogP) is 2.31. The summed E-state index contributed by atoms with van der Waals surface area (Å²) in [5.74, 6) is 0. The Bertz CT molecular complexity index is 82.2. The highest BCUT2D eigenvalue weighted by Crippen LogP contribution is 1.85. The molecule has 0 saturated heterocycles. The van der Waals surface area contributed by atoms with E-state index < -0.39 is 0 Å². The van der Waals surface area contributed by atoms with Crippen LogP contribution in [-0.2, 0) is 0 Å². The zero-order valence-electron chi connectivity index (χ0n) is 10.4. The van der Waals surface area contributed by atoms with Crippen LogP contribution in [0.3, 0.4) is 0 Å². The summed E-state index contributed by atoms with van der Waals surface area (Å²) in [7, 11) is 6.40. The summed E-state index contributed by atoms with van der Waals surface area (Å²) in [6.45, 7) is 10.0. The van der Waals surface area contributed by atoms with Gasteiger partial charge >= 0.3 is 0 Å². The summed E-state index contributed by atoms with van der Waals surface area (Å²) in [4.78, 5) is 4.58. The fraction of sp³-hybridized carbons (Fsp3) is 1.00. The Morgan fingerprint density at radius 3 is 1.54 bits per heavy atom. The van der Waals surface area contributed by atoms with E-state index in [-0.39, 0.29) is 0 Å². The van der Waals surface area contributed by atoms with Crippen molar-refractivity contribution in [1.29, 1.82) is 0 Å². The van der Waals surface area contributed by atoms with Crippen LogP contribution in [0.2, 0.25) is 0 Å². The Morgan fingerprint density at radius 1 is 0.769 bits per heavy atom. The Morgan fingerprint density at radius 2 is 1.23 bits per heavy atom. The zero-order chi connectivity index (χ0) is 10.7. The van der Waals surface area contributed by atoms with Crippen molar-refractivity contribution in [2.45, 2.75) is 33.6 Å². The van der Waals surface area contributed by atoms with E-state index in [4.69, 9.17) is 0 Å². The van der Waals surface area contributed by atoms with E-state index in [1.165, 1.54) is 25.9 Å². The van der Waals surface area contributed by atoms with E-state index in [0.29, 0.717) is 0 Å². The molecule has 2 heteroatoms. The highest BCUT2D eigenvalue weighted by Gasteiger charge is 1.95. The van der Waals surface area contributed by atoms with Gasteiger partial charge in [0.15, 0.2) is 0 Å². The van der Waals surface area contributed by atoms with Crippen molar-refractivity contribution in [3.05, 3.63) is 0 Å². The molecule has 0 bridgehead atoms. The van der Waals surface area contributed by atoms with E-state index in [1.54, 1.807) is 0 Å². The third kappa shape index (κ3) is 18.7. The molecule has 0 aliphatic carbocycles. The van der Waals surface area contributed by atoms with Crippen LogP contribution in [0.1, 0.15) is 33.6 Å². The lowest BCUT2D eigenvalue weighted by Crippen LogP contribution is -2.29. The van der Waals surface area contributed by atoms with Gasteiger partial charge in [-0.1, -0.05) is 27.2 Å². The van der Waals surface area contributed by atoms with E-state index in [2.05, 4.69) is 51.7 Å². The average Bonchev–Trinajstić information content (AvgIpc) is 2.03. The molecule has 0 aliphatic heterocycles. The minimum absolute atomic E-state index is 1.16. The molecule has 13 heavy (non-hydrogen) atoms. The molecule has 0 spiro atoms. The first kappa shape index (κ1) is 15.4. The molecule has 0 N–H and O–H groups in total. The largest absolute Gasteiger partial charge is 0.308 e. The maximum Gasteiger partial charge on any atom is 0.0106 e. The maximum atomic E-state index is 2.36. The third-order valence-electron chi connectivity index (χ3n) is 1.53. The fourth-order valence-electron chi connectivity index (χ4n) is 0.864. The summed E-state index contributed by atoms with van der Waals surface area (Å²) >= 11 is 0. The predicted molar refractivity (Wildman–Crippen MR) is 62.3 cm³/mol. The molecule has 0 radical (unpaired) electrons. The van der Waals surface area contributed by atoms with Crippen LogP contribution in [0.4, 0.5) is 0 Å². The Hall–Kier alpha value is -0.0800. The number of rotatable bonds is 5. The molecule has 0 aromatic carbocycles. The third-order valence-corrected chi connectivity index (χ3v) is 1.53. The molecule has 0 amide bonds. The Kier molecular flexibility index (Phi) is 14.1. The molecule has 0 rings (SSSR count). The summed E-state index contributed by atoms with van der Waals surface area (Å²) in [6.07, 6.45) is 2.50. The standard InChI is InChI=1S/C8H20N2.C3H8/c1-5-6-10(4)8-7-9(2)3;1-3-2/h5-8H2,1-4H3;3H2,1-2H3. The van der Waals surface area contributed by atoms with E-state index >= 15 is 0 Å². The van der Waals surface area contributed by atoms with Crippen LogP contribution in [0.25, 0.3) is 0 Å². The van der Waals surface area contributed by atoms with Crippen LogP contribution in [0.15, 0.2) is 0 Å². The van der Waals surface area contributed by atoms with Crippen molar-refractivity contribution in [2.75, 3.05) is 40.8 Å². The van der Waals surface area contributed by atoms with Crippen LogP contribution in [-0.4, -0.2) is 50.6 Å². The molecule has 0 atom stereocenters. The van der Waals surface area contributed by atoms with E-state index in [0.717, 1.165) is 6.54 Å². The normalized spacial score (nSPS) is 10.2. The van der Waals surface area contributed by atoms with Gasteiger partial charge in [0.25, 0.3) is 0 Å². The van der Waals surface area contributed by atoms with Crippen molar-refractivity contribution < 1.29 is 0 Å². The average molecular weight is 188 g/mol. The molecule has 0 heterocycles. The van der Waals surface area contributed by atoms with Gasteiger partial charge in [0, 0.05) is 13.1 Å². The SMILES string of the molecule is CCC.CCCN(C)CCN(C)C. The van der Waals surface area contributed by atoms with Gasteiger partial charge in [-0.3, -0.25) is 0 Å². The quantitative estimate of drug-likeness (QED) is 0.653. The fourth-order valence-corrected chi connectivity index (χ4v) is 0.864. The highest BCUT2D eigenvalue weighted by molar-refractivity contribution is 4.51. The lowest BCUT2D eigenvalue weighted by molar-refractivity contribution is 0.282. The Balaban J connectivity index is 0. The highest BCUT2D eigenvalue weighted by atomic mass is 15.1. The molecule has 2 nitrogen and oxygen atoms in total. The molecule has 0 unspecified atom stereocenters. The lowest BCUT2D eigenvalue weighted by Gasteiger charge is -2.17. The maximum absolute atomic E-state index is 2.36. The van der Waals surface area contributed by atoms with Gasteiger partial charge in [0.05, 0.1) is 0 Å². The van der Waals surface area contributed by atoms with Crippen LogP contribution < -0.4 is 0 Å². The summed E-state index contributed by atoms with van der Waals surface area (Å²) in [5, 5.41) is 0. The second-order valence-corrected chi connectivity index (χ2v) is 3.81. The van der Waals surface area contributed by atoms with Gasteiger partial charge in [-0.15, -0.1) is 0 Å². The molecule has 0 aromatic rings. The number of nitrogens with zero attached hydrogens (tertiary/aromatic N) is 2. The molecule has 0 aliphatic rings. The monoisotopic (exact) mass is 188 g/mol. The summed E-state index contributed by atoms with van der Waals surface area (Å²) in [6, 6.07) is 0. The second-order valence-electron chi connectivity index (χ2n) is 3.81. The Labute approximate surface area is 84.9 Å². The topological polar surface area (TPSA) is 6.48 Å². The van der Waals surface area contributed by atoms with Gasteiger partial charge in [0.1, 0.15) is 0 Å². The molecular formula is C11H28N2. The van der Waals surface area contributed by atoms with Gasteiger partial charge in [0.2, 0.25) is 0 Å². The lowest BCUT2D eigenvalue weighted by atomic mass is 10.4. The van der Waals surface area contributed by atoms with Gasteiger partial charge in [-0.2, -0.15) is 0 Å². The number of likely N-dealkylation sites (N-methyl/N-ethyl adjacent to an activating group) is 2. The van der Waals surface area contributed by atoms with Crippen molar-refractivity contribution >= 4 is 0 Å². The van der Waals surface area contributed by atoms with Gasteiger partial charge < -0.3 is 9.80 Å². The second kappa shape index (κ2) is 11.9. The smallest absolute Gasteiger partial charge is 0.0106 e. The molecule has 0 fully saturated rings. The zero-order valence-corrected chi connectivity index (χ0v) is 10.4. The van der Waals surface area contributed by atoms with E-state index in [1.807, 2.05) is 0 Å². The number of hydrogen-bond donors (Lipinski definition) is 0. The molecule has 82 valence electrons. The minimum Gasteiger partial charge on any atom is -0.308 e. The molecular weight excluding hydrogens is 160 g/mol. The van der Waals surface area contributed by atoms with Crippen LogP contribution in [0, 0.1) is 0 Å². The van der Waals surface area contributed by atoms with Crippen LogP contribution in [0.5, 0.6) is 0 Å². The summed E-state index contributed by atoms with van der Waals surface area (Å²) < 4.78 is 0. The summed E-state index contributed by atoms with van der Waals surface area (Å²) in [5.41, 5.74) is 0.